The van der Waals surface area contributed by atoms with Crippen molar-refractivity contribution in [3.63, 3.8) is 0 Å². The monoisotopic (exact) mass is 220 g/mol. The SMILES string of the molecule is CC(C)OCCOCCOCCC(=O)O. The third kappa shape index (κ3) is 13.3. The summed E-state index contributed by atoms with van der Waals surface area (Å²) in [7, 11) is 0. The summed E-state index contributed by atoms with van der Waals surface area (Å²) < 4.78 is 15.5. The van der Waals surface area contributed by atoms with Gasteiger partial charge >= 0.3 is 5.97 Å². The number of carbonyl (C=O) groups is 1. The number of hydrogen-bond acceptors (Lipinski definition) is 4. The average Bonchev–Trinajstić information content (AvgIpc) is 2.14. The van der Waals surface area contributed by atoms with Crippen LogP contribution in [0.5, 0.6) is 0 Å². The van der Waals surface area contributed by atoms with Gasteiger partial charge in [-0.25, -0.2) is 0 Å². The lowest BCUT2D eigenvalue weighted by Crippen LogP contribution is -2.13. The van der Waals surface area contributed by atoms with Crippen LogP contribution in [0.2, 0.25) is 0 Å². The first-order chi connectivity index (χ1) is 7.13. The van der Waals surface area contributed by atoms with Gasteiger partial charge in [0.1, 0.15) is 0 Å². The molecule has 15 heavy (non-hydrogen) atoms. The van der Waals surface area contributed by atoms with Crippen LogP contribution in [0.1, 0.15) is 20.3 Å². The molecule has 90 valence electrons. The molecule has 0 aliphatic heterocycles. The topological polar surface area (TPSA) is 65.0 Å². The van der Waals surface area contributed by atoms with Crippen LogP contribution in [0.15, 0.2) is 0 Å². The lowest BCUT2D eigenvalue weighted by atomic mass is 10.5. The third-order valence-corrected chi connectivity index (χ3v) is 1.51. The Kier molecular flexibility index (Phi) is 9.46. The van der Waals surface area contributed by atoms with E-state index in [-0.39, 0.29) is 19.1 Å². The number of aliphatic carboxylic acids is 1. The Balaban J connectivity index is 2.96. The summed E-state index contributed by atoms with van der Waals surface area (Å²) in [6.45, 7) is 6.19. The Morgan fingerprint density at radius 2 is 1.60 bits per heavy atom. The maximum atomic E-state index is 10.1. The second kappa shape index (κ2) is 9.89. The molecule has 0 heterocycles. The highest BCUT2D eigenvalue weighted by molar-refractivity contribution is 5.66. The molecule has 0 aromatic rings. The van der Waals surface area contributed by atoms with Gasteiger partial charge in [-0.3, -0.25) is 4.79 Å². The number of ether oxygens (including phenoxy) is 3. The molecule has 1 N–H and O–H groups in total. The molecular weight excluding hydrogens is 200 g/mol. The molecule has 0 unspecified atom stereocenters. The van der Waals surface area contributed by atoms with Crippen LogP contribution in [0.3, 0.4) is 0 Å². The normalized spacial score (nSPS) is 10.9. The summed E-state index contributed by atoms with van der Waals surface area (Å²) in [6, 6.07) is 0. The van der Waals surface area contributed by atoms with E-state index in [1.165, 1.54) is 0 Å². The summed E-state index contributed by atoms with van der Waals surface area (Å²) in [5, 5.41) is 8.31. The summed E-state index contributed by atoms with van der Waals surface area (Å²) in [6.07, 6.45) is 0.261. The summed E-state index contributed by atoms with van der Waals surface area (Å²) in [4.78, 5) is 10.1. The summed E-state index contributed by atoms with van der Waals surface area (Å²) >= 11 is 0. The van der Waals surface area contributed by atoms with Crippen LogP contribution < -0.4 is 0 Å². The van der Waals surface area contributed by atoms with E-state index < -0.39 is 5.97 Å². The van der Waals surface area contributed by atoms with Crippen molar-refractivity contribution in [1.29, 1.82) is 0 Å². The lowest BCUT2D eigenvalue weighted by Gasteiger charge is -2.08. The van der Waals surface area contributed by atoms with E-state index in [1.807, 2.05) is 13.8 Å². The van der Waals surface area contributed by atoms with Gasteiger partial charge in [0.05, 0.1) is 45.6 Å². The largest absolute Gasteiger partial charge is 0.481 e. The second-order valence-corrected chi connectivity index (χ2v) is 3.29. The molecule has 0 saturated carbocycles. The summed E-state index contributed by atoms with van der Waals surface area (Å²) in [5.74, 6) is -0.846. The molecule has 0 rings (SSSR count). The Bertz CT molecular complexity index is 158. The van der Waals surface area contributed by atoms with Gasteiger partial charge < -0.3 is 19.3 Å². The smallest absolute Gasteiger partial charge is 0.305 e. The van der Waals surface area contributed by atoms with Crippen molar-refractivity contribution < 1.29 is 24.1 Å². The van der Waals surface area contributed by atoms with Crippen LogP contribution in [-0.2, 0) is 19.0 Å². The zero-order valence-corrected chi connectivity index (χ0v) is 9.40. The van der Waals surface area contributed by atoms with Gasteiger partial charge in [0.2, 0.25) is 0 Å². The molecule has 0 fully saturated rings. The summed E-state index contributed by atoms with van der Waals surface area (Å²) in [5.41, 5.74) is 0. The van der Waals surface area contributed by atoms with Gasteiger partial charge in [0, 0.05) is 0 Å². The molecular formula is C10H20O5. The van der Waals surface area contributed by atoms with Crippen molar-refractivity contribution in [3.05, 3.63) is 0 Å². The highest BCUT2D eigenvalue weighted by Gasteiger charge is 1.96. The van der Waals surface area contributed by atoms with Crippen molar-refractivity contribution in [1.82, 2.24) is 0 Å². The fraction of sp³-hybridized carbons (Fsp3) is 0.900. The number of hydrogen-bond donors (Lipinski definition) is 1. The minimum atomic E-state index is -0.846. The van der Waals surface area contributed by atoms with Crippen molar-refractivity contribution in [3.8, 4) is 0 Å². The molecule has 0 saturated heterocycles. The number of rotatable bonds is 10. The molecule has 0 aromatic heterocycles. The molecule has 5 heteroatoms. The highest BCUT2D eigenvalue weighted by Crippen LogP contribution is 1.88. The zero-order valence-electron chi connectivity index (χ0n) is 9.40. The number of carboxylic acid groups (broad SMARTS) is 1. The first-order valence-electron chi connectivity index (χ1n) is 5.12. The van der Waals surface area contributed by atoms with Gasteiger partial charge in [0.25, 0.3) is 0 Å². The Morgan fingerprint density at radius 3 is 2.13 bits per heavy atom. The van der Waals surface area contributed by atoms with Crippen LogP contribution in [0.25, 0.3) is 0 Å². The molecule has 5 nitrogen and oxygen atoms in total. The van der Waals surface area contributed by atoms with E-state index in [2.05, 4.69) is 0 Å². The minimum Gasteiger partial charge on any atom is -0.481 e. The van der Waals surface area contributed by atoms with E-state index >= 15 is 0 Å². The quantitative estimate of drug-likeness (QED) is 0.554. The number of carboxylic acids is 1. The molecule has 0 aliphatic rings. The van der Waals surface area contributed by atoms with Crippen molar-refractivity contribution in [2.75, 3.05) is 33.0 Å². The van der Waals surface area contributed by atoms with Crippen molar-refractivity contribution in [2.24, 2.45) is 0 Å². The predicted molar refractivity (Wildman–Crippen MR) is 55.0 cm³/mol. The molecule has 0 amide bonds. The highest BCUT2D eigenvalue weighted by atomic mass is 16.5. The van der Waals surface area contributed by atoms with E-state index in [1.54, 1.807) is 0 Å². The van der Waals surface area contributed by atoms with E-state index in [0.717, 1.165) is 0 Å². The van der Waals surface area contributed by atoms with Gasteiger partial charge in [0.15, 0.2) is 0 Å². The van der Waals surface area contributed by atoms with Crippen LogP contribution in [-0.4, -0.2) is 50.2 Å². The van der Waals surface area contributed by atoms with Gasteiger partial charge in [-0.2, -0.15) is 0 Å². The second-order valence-electron chi connectivity index (χ2n) is 3.29. The van der Waals surface area contributed by atoms with E-state index in [4.69, 9.17) is 19.3 Å². The minimum absolute atomic E-state index is 0.0382. The van der Waals surface area contributed by atoms with Crippen LogP contribution in [0.4, 0.5) is 0 Å². The maximum absolute atomic E-state index is 10.1. The van der Waals surface area contributed by atoms with Gasteiger partial charge in [-0.05, 0) is 13.8 Å². The Morgan fingerprint density at radius 1 is 1.07 bits per heavy atom. The molecule has 0 bridgehead atoms. The predicted octanol–water partition coefficient (Wildman–Crippen LogP) is 0.919. The Hall–Kier alpha value is -0.650. The molecule has 0 aliphatic carbocycles. The zero-order chi connectivity index (χ0) is 11.5. The maximum Gasteiger partial charge on any atom is 0.305 e. The van der Waals surface area contributed by atoms with E-state index in [0.29, 0.717) is 26.4 Å². The van der Waals surface area contributed by atoms with Crippen molar-refractivity contribution >= 4 is 5.97 Å². The van der Waals surface area contributed by atoms with Crippen LogP contribution in [0, 0.1) is 0 Å². The molecule has 0 atom stereocenters. The lowest BCUT2D eigenvalue weighted by molar-refractivity contribution is -0.138. The average molecular weight is 220 g/mol. The van der Waals surface area contributed by atoms with Gasteiger partial charge in [-0.1, -0.05) is 0 Å². The fourth-order valence-electron chi connectivity index (χ4n) is 0.824. The molecule has 0 aromatic carbocycles. The molecule has 0 radical (unpaired) electrons. The van der Waals surface area contributed by atoms with Gasteiger partial charge in [-0.15, -0.1) is 0 Å². The van der Waals surface area contributed by atoms with E-state index in [9.17, 15) is 4.79 Å². The third-order valence-electron chi connectivity index (χ3n) is 1.51. The van der Waals surface area contributed by atoms with Crippen LogP contribution >= 0.6 is 0 Å². The Labute approximate surface area is 90.3 Å². The molecule has 0 spiro atoms. The first kappa shape index (κ1) is 14.3. The standard InChI is InChI=1S/C10H20O5/c1-9(2)15-8-7-14-6-5-13-4-3-10(11)12/h9H,3-8H2,1-2H3,(H,11,12). The fourth-order valence-corrected chi connectivity index (χ4v) is 0.824. The van der Waals surface area contributed by atoms with Crippen molar-refractivity contribution in [2.45, 2.75) is 26.4 Å². The first-order valence-corrected chi connectivity index (χ1v) is 5.12.